The molecule has 4 nitrogen and oxygen atoms in total. The molecule has 0 amide bonds. The molecule has 0 spiro atoms. The zero-order valence-electron chi connectivity index (χ0n) is 10.7. The van der Waals surface area contributed by atoms with Crippen molar-refractivity contribution in [3.05, 3.63) is 35.9 Å². The number of guanidine groups is 1. The molecule has 0 fully saturated rings. The van der Waals surface area contributed by atoms with Crippen molar-refractivity contribution in [1.29, 1.82) is 0 Å². The molecule has 1 aromatic carbocycles. The Bertz CT molecular complexity index is 475. The lowest BCUT2D eigenvalue weighted by Gasteiger charge is -2.32. The van der Waals surface area contributed by atoms with Gasteiger partial charge in [0.2, 0.25) is 5.60 Å². The van der Waals surface area contributed by atoms with Crippen LogP contribution in [0.25, 0.3) is 0 Å². The average Bonchev–Trinajstić information content (AvgIpc) is 2.45. The van der Waals surface area contributed by atoms with E-state index in [2.05, 4.69) is 15.6 Å². The van der Waals surface area contributed by atoms with E-state index in [0.717, 1.165) is 6.42 Å². The minimum absolute atomic E-state index is 0.198. The molecule has 1 heterocycles. The van der Waals surface area contributed by atoms with E-state index in [1.165, 1.54) is 24.3 Å². The van der Waals surface area contributed by atoms with E-state index in [4.69, 9.17) is 0 Å². The molecule has 0 radical (unpaired) electrons. The number of rotatable bonds is 3. The van der Waals surface area contributed by atoms with Crippen LogP contribution in [0.2, 0.25) is 0 Å². The molecule has 7 heteroatoms. The first kappa shape index (κ1) is 14.6. The van der Waals surface area contributed by atoms with E-state index in [1.807, 2.05) is 0 Å². The summed E-state index contributed by atoms with van der Waals surface area (Å²) in [6.45, 7) is 0.527. The van der Waals surface area contributed by atoms with Crippen LogP contribution in [0, 0.1) is 0 Å². The van der Waals surface area contributed by atoms with Gasteiger partial charge in [0.05, 0.1) is 6.54 Å². The predicted molar refractivity (Wildman–Crippen MR) is 69.3 cm³/mol. The monoisotopic (exact) mass is 287 g/mol. The summed E-state index contributed by atoms with van der Waals surface area (Å²) in [5.41, 5.74) is -3.15. The molecule has 1 aliphatic rings. The van der Waals surface area contributed by atoms with Gasteiger partial charge in [-0.05, 0) is 12.0 Å². The van der Waals surface area contributed by atoms with Gasteiger partial charge in [0.15, 0.2) is 5.96 Å². The molecule has 1 aliphatic heterocycles. The second-order valence-corrected chi connectivity index (χ2v) is 4.59. The molecule has 0 saturated heterocycles. The fraction of sp³-hybridized carbons (Fsp3) is 0.462. The van der Waals surface area contributed by atoms with Crippen LogP contribution < -0.4 is 10.6 Å². The third kappa shape index (κ3) is 3.04. The van der Waals surface area contributed by atoms with Gasteiger partial charge in [-0.25, -0.2) is 0 Å². The number of nitrogens with zero attached hydrogens (tertiary/aromatic N) is 1. The van der Waals surface area contributed by atoms with E-state index in [-0.39, 0.29) is 11.5 Å². The maximum absolute atomic E-state index is 13.2. The fourth-order valence-corrected chi connectivity index (χ4v) is 1.94. The quantitative estimate of drug-likeness (QED) is 0.787. The van der Waals surface area contributed by atoms with Gasteiger partial charge in [0, 0.05) is 13.1 Å². The third-order valence-electron chi connectivity index (χ3n) is 3.13. The van der Waals surface area contributed by atoms with Crippen molar-refractivity contribution in [3.8, 4) is 0 Å². The number of aliphatic imine (C=N–C) groups is 1. The molecule has 1 atom stereocenters. The third-order valence-corrected chi connectivity index (χ3v) is 3.13. The number of nitrogens with one attached hydrogen (secondary N) is 2. The van der Waals surface area contributed by atoms with E-state index >= 15 is 0 Å². The van der Waals surface area contributed by atoms with Gasteiger partial charge in [-0.15, -0.1) is 0 Å². The zero-order chi connectivity index (χ0) is 14.6. The van der Waals surface area contributed by atoms with Crippen LogP contribution in [0.5, 0.6) is 0 Å². The summed E-state index contributed by atoms with van der Waals surface area (Å²) >= 11 is 0. The van der Waals surface area contributed by atoms with Gasteiger partial charge in [0.25, 0.3) is 0 Å². The number of alkyl halides is 3. The Morgan fingerprint density at radius 2 is 1.95 bits per heavy atom. The Hall–Kier alpha value is -1.76. The summed E-state index contributed by atoms with van der Waals surface area (Å²) in [5, 5.41) is 15.5. The highest BCUT2D eigenvalue weighted by atomic mass is 19.4. The van der Waals surface area contributed by atoms with Gasteiger partial charge in [0.1, 0.15) is 0 Å². The van der Waals surface area contributed by atoms with Gasteiger partial charge in [-0.3, -0.25) is 4.99 Å². The molecular formula is C13H16F3N3O. The number of aliphatic hydroxyl groups is 1. The highest BCUT2D eigenvalue weighted by Gasteiger charge is 2.54. The second kappa shape index (κ2) is 5.70. The number of benzene rings is 1. The van der Waals surface area contributed by atoms with Crippen molar-refractivity contribution >= 4 is 5.96 Å². The lowest BCUT2D eigenvalue weighted by molar-refractivity contribution is -0.263. The topological polar surface area (TPSA) is 56.6 Å². The molecule has 0 saturated carbocycles. The summed E-state index contributed by atoms with van der Waals surface area (Å²) < 4.78 is 39.6. The van der Waals surface area contributed by atoms with Gasteiger partial charge in [-0.1, -0.05) is 30.3 Å². The Kier molecular flexibility index (Phi) is 4.17. The highest BCUT2D eigenvalue weighted by Crippen LogP contribution is 2.38. The maximum atomic E-state index is 13.2. The smallest absolute Gasteiger partial charge is 0.375 e. The predicted octanol–water partition coefficient (Wildman–Crippen LogP) is 1.38. The van der Waals surface area contributed by atoms with Crippen LogP contribution in [0.4, 0.5) is 13.2 Å². The summed E-state index contributed by atoms with van der Waals surface area (Å²) in [6, 6.07) is 7.03. The molecule has 1 unspecified atom stereocenters. The fourth-order valence-electron chi connectivity index (χ4n) is 1.94. The van der Waals surface area contributed by atoms with E-state index in [1.54, 1.807) is 6.07 Å². The molecule has 20 heavy (non-hydrogen) atoms. The van der Waals surface area contributed by atoms with Crippen molar-refractivity contribution < 1.29 is 18.3 Å². The Labute approximate surface area is 114 Å². The molecule has 110 valence electrons. The Morgan fingerprint density at radius 1 is 1.25 bits per heavy atom. The van der Waals surface area contributed by atoms with Gasteiger partial charge in [-0.2, -0.15) is 13.2 Å². The molecule has 3 N–H and O–H groups in total. The summed E-state index contributed by atoms with van der Waals surface area (Å²) in [4.78, 5) is 4.02. The summed E-state index contributed by atoms with van der Waals surface area (Å²) in [7, 11) is 0. The Balaban J connectivity index is 2.18. The number of halogens is 3. The first-order valence-electron chi connectivity index (χ1n) is 6.30. The molecule has 0 aliphatic carbocycles. The van der Waals surface area contributed by atoms with Gasteiger partial charge >= 0.3 is 6.18 Å². The van der Waals surface area contributed by atoms with Crippen LogP contribution in [0.3, 0.4) is 0 Å². The number of hydrogen-bond acceptors (Lipinski definition) is 4. The minimum atomic E-state index is -4.78. The lowest BCUT2D eigenvalue weighted by atomic mass is 9.93. The normalized spacial score (nSPS) is 18.7. The first-order valence-corrected chi connectivity index (χ1v) is 6.30. The second-order valence-electron chi connectivity index (χ2n) is 4.59. The van der Waals surface area contributed by atoms with E-state index in [0.29, 0.717) is 13.1 Å². The highest BCUT2D eigenvalue weighted by molar-refractivity contribution is 5.80. The largest absolute Gasteiger partial charge is 0.423 e. The molecule has 0 aromatic heterocycles. The SMILES string of the molecule is OC(CNC1=NCCCN1)(c1ccccc1)C(F)(F)F. The standard InChI is InChI=1S/C13H16F3N3O/c14-13(15,16)12(20,10-5-2-1-3-6-10)9-19-11-17-7-4-8-18-11/h1-3,5-6,20H,4,7-9H2,(H2,17,18,19). The van der Waals surface area contributed by atoms with E-state index in [9.17, 15) is 18.3 Å². The maximum Gasteiger partial charge on any atom is 0.423 e. The van der Waals surface area contributed by atoms with Crippen molar-refractivity contribution in [2.75, 3.05) is 19.6 Å². The van der Waals surface area contributed by atoms with Crippen LogP contribution in [-0.2, 0) is 5.60 Å². The average molecular weight is 287 g/mol. The van der Waals surface area contributed by atoms with Crippen molar-refractivity contribution in [3.63, 3.8) is 0 Å². The van der Waals surface area contributed by atoms with Crippen molar-refractivity contribution in [2.24, 2.45) is 4.99 Å². The van der Waals surface area contributed by atoms with Crippen LogP contribution in [0.15, 0.2) is 35.3 Å². The minimum Gasteiger partial charge on any atom is -0.375 e. The zero-order valence-corrected chi connectivity index (χ0v) is 10.7. The Morgan fingerprint density at radius 3 is 2.50 bits per heavy atom. The summed E-state index contributed by atoms with van der Waals surface area (Å²) in [6.07, 6.45) is -3.94. The molecule has 1 aromatic rings. The van der Waals surface area contributed by atoms with Crippen molar-refractivity contribution in [2.45, 2.75) is 18.2 Å². The summed E-state index contributed by atoms with van der Waals surface area (Å²) in [5.74, 6) is 0.287. The lowest BCUT2D eigenvalue weighted by Crippen LogP contribution is -2.53. The number of hydrogen-bond donors (Lipinski definition) is 3. The molecular weight excluding hydrogens is 271 g/mol. The van der Waals surface area contributed by atoms with Crippen LogP contribution >= 0.6 is 0 Å². The van der Waals surface area contributed by atoms with Crippen LogP contribution in [0.1, 0.15) is 12.0 Å². The van der Waals surface area contributed by atoms with Crippen molar-refractivity contribution in [1.82, 2.24) is 10.6 Å². The first-order chi connectivity index (χ1) is 9.43. The van der Waals surface area contributed by atoms with E-state index < -0.39 is 18.3 Å². The van der Waals surface area contributed by atoms with Crippen LogP contribution in [-0.4, -0.2) is 36.9 Å². The molecule has 2 rings (SSSR count). The molecule has 0 bridgehead atoms. The van der Waals surface area contributed by atoms with Gasteiger partial charge < -0.3 is 15.7 Å².